The third-order valence-electron chi connectivity index (χ3n) is 5.72. The van der Waals surface area contributed by atoms with Crippen LogP contribution in [0.4, 0.5) is 0 Å². The highest BCUT2D eigenvalue weighted by Gasteiger charge is 2.46. The molecular formula is C18H27N3O2. The van der Waals surface area contributed by atoms with Gasteiger partial charge in [0.2, 0.25) is 5.88 Å². The average Bonchev–Trinajstić information content (AvgIpc) is 2.73. The molecule has 23 heavy (non-hydrogen) atoms. The minimum Gasteiger partial charge on any atom is -0.480 e. The van der Waals surface area contributed by atoms with Gasteiger partial charge < -0.3 is 9.64 Å². The minimum absolute atomic E-state index is 0.0566. The van der Waals surface area contributed by atoms with E-state index in [1.165, 1.54) is 12.8 Å². The number of carbonyl (C=O) groups is 1. The summed E-state index contributed by atoms with van der Waals surface area (Å²) in [5, 5.41) is 0. The van der Waals surface area contributed by atoms with Crippen molar-refractivity contribution in [3.63, 3.8) is 0 Å². The van der Waals surface area contributed by atoms with Crippen molar-refractivity contribution in [2.45, 2.75) is 50.6 Å². The van der Waals surface area contributed by atoms with Crippen molar-refractivity contribution in [3.05, 3.63) is 23.9 Å². The van der Waals surface area contributed by atoms with Gasteiger partial charge >= 0.3 is 0 Å². The Balaban J connectivity index is 1.93. The molecule has 0 saturated carbocycles. The number of pyridine rings is 1. The molecule has 0 aromatic carbocycles. The molecule has 0 unspecified atom stereocenters. The van der Waals surface area contributed by atoms with Crippen LogP contribution in [0.1, 0.15) is 49.4 Å². The smallest absolute Gasteiger partial charge is 0.259 e. The molecule has 2 aliphatic heterocycles. The molecule has 2 fully saturated rings. The SMILES string of the molecule is COc1ncccc1C(=O)N1CCC[C@@]2(C)[C@@H]1CCCCN2C. The Hall–Kier alpha value is -1.62. The number of ether oxygens (including phenoxy) is 1. The summed E-state index contributed by atoms with van der Waals surface area (Å²) in [5.41, 5.74) is 0.644. The van der Waals surface area contributed by atoms with E-state index in [4.69, 9.17) is 4.74 Å². The Bertz CT molecular complexity index is 577. The Morgan fingerprint density at radius 1 is 1.35 bits per heavy atom. The van der Waals surface area contributed by atoms with E-state index in [9.17, 15) is 4.79 Å². The van der Waals surface area contributed by atoms with E-state index in [1.807, 2.05) is 6.07 Å². The van der Waals surface area contributed by atoms with E-state index in [0.717, 1.165) is 32.4 Å². The predicted octanol–water partition coefficient (Wildman–Crippen LogP) is 2.57. The molecule has 3 heterocycles. The van der Waals surface area contributed by atoms with Crippen LogP contribution in [0.25, 0.3) is 0 Å². The highest BCUT2D eigenvalue weighted by Crippen LogP contribution is 2.38. The normalized spacial score (nSPS) is 28.8. The molecule has 0 radical (unpaired) electrons. The van der Waals surface area contributed by atoms with Gasteiger partial charge in [-0.15, -0.1) is 0 Å². The summed E-state index contributed by atoms with van der Waals surface area (Å²) in [4.78, 5) is 21.9. The number of piperidine rings is 1. The average molecular weight is 317 g/mol. The van der Waals surface area contributed by atoms with Gasteiger partial charge in [0.1, 0.15) is 5.56 Å². The molecule has 2 atom stereocenters. The van der Waals surface area contributed by atoms with Gasteiger partial charge in [-0.1, -0.05) is 6.42 Å². The first-order valence-corrected chi connectivity index (χ1v) is 8.59. The van der Waals surface area contributed by atoms with Crippen molar-refractivity contribution >= 4 is 5.91 Å². The number of nitrogens with zero attached hydrogens (tertiary/aromatic N) is 3. The monoisotopic (exact) mass is 317 g/mol. The Kier molecular flexibility index (Phi) is 4.57. The molecule has 2 aliphatic rings. The molecule has 0 spiro atoms. The second kappa shape index (κ2) is 6.48. The van der Waals surface area contributed by atoms with Crippen LogP contribution in [-0.2, 0) is 0 Å². The maximum absolute atomic E-state index is 13.2. The van der Waals surface area contributed by atoms with Gasteiger partial charge in [-0.2, -0.15) is 0 Å². The van der Waals surface area contributed by atoms with Crippen molar-refractivity contribution in [2.75, 3.05) is 27.2 Å². The van der Waals surface area contributed by atoms with Crippen molar-refractivity contribution in [2.24, 2.45) is 0 Å². The van der Waals surface area contributed by atoms with Crippen LogP contribution in [0.15, 0.2) is 18.3 Å². The zero-order valence-corrected chi connectivity index (χ0v) is 14.4. The van der Waals surface area contributed by atoms with Crippen molar-refractivity contribution in [3.8, 4) is 5.88 Å². The largest absolute Gasteiger partial charge is 0.480 e. The van der Waals surface area contributed by atoms with Crippen LogP contribution in [-0.4, -0.2) is 59.5 Å². The molecule has 0 aliphatic carbocycles. The van der Waals surface area contributed by atoms with Crippen LogP contribution < -0.4 is 4.74 Å². The number of hydrogen-bond donors (Lipinski definition) is 0. The van der Waals surface area contributed by atoms with Crippen molar-refractivity contribution < 1.29 is 9.53 Å². The van der Waals surface area contributed by atoms with Gasteiger partial charge in [-0.25, -0.2) is 4.98 Å². The number of carbonyl (C=O) groups excluding carboxylic acids is 1. The van der Waals surface area contributed by atoms with Crippen LogP contribution in [0.5, 0.6) is 5.88 Å². The second-order valence-corrected chi connectivity index (χ2v) is 6.95. The zero-order chi connectivity index (χ0) is 16.4. The molecular weight excluding hydrogens is 290 g/mol. The number of hydrogen-bond acceptors (Lipinski definition) is 4. The third kappa shape index (κ3) is 2.82. The first-order chi connectivity index (χ1) is 11.1. The first-order valence-electron chi connectivity index (χ1n) is 8.59. The molecule has 5 heteroatoms. The van der Waals surface area contributed by atoms with Crippen LogP contribution >= 0.6 is 0 Å². The minimum atomic E-state index is 0.0566. The van der Waals surface area contributed by atoms with Gasteiger partial charge in [0.15, 0.2) is 0 Å². The molecule has 1 amide bonds. The molecule has 5 nitrogen and oxygen atoms in total. The first kappa shape index (κ1) is 16.2. The lowest BCUT2D eigenvalue weighted by Gasteiger charge is -2.51. The maximum atomic E-state index is 13.2. The highest BCUT2D eigenvalue weighted by molar-refractivity contribution is 5.96. The Morgan fingerprint density at radius 3 is 2.96 bits per heavy atom. The summed E-state index contributed by atoms with van der Waals surface area (Å²) in [5.74, 6) is 0.480. The molecule has 126 valence electrons. The van der Waals surface area contributed by atoms with Crippen molar-refractivity contribution in [1.29, 1.82) is 0 Å². The standard InChI is InChI=1S/C18H27N3O2/c1-18-10-7-13-21(15(18)9-4-5-12-20(18)2)17(22)14-8-6-11-19-16(14)23-3/h6,8,11,15H,4-5,7,9-10,12-13H2,1-3H3/t15-,18-/m0/s1. The van der Waals surface area contributed by atoms with Crippen LogP contribution in [0, 0.1) is 0 Å². The zero-order valence-electron chi connectivity index (χ0n) is 14.4. The fraction of sp³-hybridized carbons (Fsp3) is 0.667. The number of likely N-dealkylation sites (N-methyl/N-ethyl adjacent to an activating group) is 1. The van der Waals surface area contributed by atoms with E-state index in [1.54, 1.807) is 19.4 Å². The molecule has 1 aromatic rings. The lowest BCUT2D eigenvalue weighted by molar-refractivity contribution is -0.00353. The highest BCUT2D eigenvalue weighted by atomic mass is 16.5. The number of amides is 1. The van der Waals surface area contributed by atoms with Gasteiger partial charge in [-0.3, -0.25) is 9.69 Å². The summed E-state index contributed by atoms with van der Waals surface area (Å²) in [6.07, 6.45) is 7.33. The quantitative estimate of drug-likeness (QED) is 0.841. The van der Waals surface area contributed by atoms with E-state index < -0.39 is 0 Å². The van der Waals surface area contributed by atoms with Crippen molar-refractivity contribution in [1.82, 2.24) is 14.8 Å². The fourth-order valence-electron chi connectivity index (χ4n) is 4.23. The predicted molar refractivity (Wildman–Crippen MR) is 89.7 cm³/mol. The second-order valence-electron chi connectivity index (χ2n) is 6.95. The van der Waals surface area contributed by atoms with Gasteiger partial charge in [0.05, 0.1) is 13.2 Å². The summed E-state index contributed by atoms with van der Waals surface area (Å²) in [6.45, 7) is 4.26. The topological polar surface area (TPSA) is 45.7 Å². The van der Waals surface area contributed by atoms with Gasteiger partial charge in [0.25, 0.3) is 5.91 Å². The lowest BCUT2D eigenvalue weighted by atomic mass is 9.79. The third-order valence-corrected chi connectivity index (χ3v) is 5.72. The van der Waals surface area contributed by atoms with E-state index in [2.05, 4.69) is 28.8 Å². The molecule has 0 N–H and O–H groups in total. The molecule has 3 rings (SSSR count). The number of rotatable bonds is 2. The fourth-order valence-corrected chi connectivity index (χ4v) is 4.23. The Labute approximate surface area is 138 Å². The lowest BCUT2D eigenvalue weighted by Crippen LogP contribution is -2.63. The summed E-state index contributed by atoms with van der Waals surface area (Å²) < 4.78 is 5.30. The maximum Gasteiger partial charge on any atom is 0.259 e. The van der Waals surface area contributed by atoms with Crippen LogP contribution in [0.2, 0.25) is 0 Å². The number of methoxy groups -OCH3 is 1. The molecule has 1 aromatic heterocycles. The summed E-state index contributed by atoms with van der Waals surface area (Å²) >= 11 is 0. The van der Waals surface area contributed by atoms with E-state index in [0.29, 0.717) is 11.4 Å². The van der Waals surface area contributed by atoms with Crippen LogP contribution in [0.3, 0.4) is 0 Å². The molecule has 0 bridgehead atoms. The molecule has 2 saturated heterocycles. The number of aromatic nitrogens is 1. The van der Waals surface area contributed by atoms with Gasteiger partial charge in [-0.05, 0) is 58.3 Å². The van der Waals surface area contributed by atoms with E-state index in [-0.39, 0.29) is 17.5 Å². The summed E-state index contributed by atoms with van der Waals surface area (Å²) in [6, 6.07) is 3.89. The van der Waals surface area contributed by atoms with E-state index >= 15 is 0 Å². The number of likely N-dealkylation sites (tertiary alicyclic amines) is 2. The number of fused-ring (bicyclic) bond motifs is 1. The van der Waals surface area contributed by atoms with Gasteiger partial charge in [0, 0.05) is 18.3 Å². The Morgan fingerprint density at radius 2 is 2.17 bits per heavy atom. The summed E-state index contributed by atoms with van der Waals surface area (Å²) in [7, 11) is 3.77.